The average Bonchev–Trinajstić information content (AvgIpc) is 3.08. The molecule has 0 atom stereocenters. The molecule has 0 bridgehead atoms. The molecular weight excluding hydrogens is 376 g/mol. The van der Waals surface area contributed by atoms with Crippen LogP contribution in [0.15, 0.2) is 59.3 Å². The van der Waals surface area contributed by atoms with Crippen LogP contribution in [0.2, 0.25) is 0 Å². The number of ketones is 1. The minimum Gasteiger partial charge on any atom is -1.00 e. The molecule has 2 heterocycles. The maximum atomic E-state index is 12.1. The molecule has 5 heteroatoms. The molecule has 0 spiro atoms. The fourth-order valence-electron chi connectivity index (χ4n) is 2.58. The van der Waals surface area contributed by atoms with Gasteiger partial charge in [-0.05, 0) is 37.1 Å². The first-order chi connectivity index (χ1) is 10.7. The van der Waals surface area contributed by atoms with E-state index in [0.29, 0.717) is 5.56 Å². The van der Waals surface area contributed by atoms with Crippen molar-refractivity contribution < 1.29 is 21.8 Å². The van der Waals surface area contributed by atoms with E-state index in [0.717, 1.165) is 17.6 Å². The highest BCUT2D eigenvalue weighted by Crippen LogP contribution is 2.18. The van der Waals surface area contributed by atoms with E-state index >= 15 is 0 Å². The van der Waals surface area contributed by atoms with Crippen molar-refractivity contribution >= 4 is 33.6 Å². The van der Waals surface area contributed by atoms with Gasteiger partial charge < -0.3 is 17.3 Å². The third-order valence-electron chi connectivity index (χ3n) is 3.83. The molecule has 23 heavy (non-hydrogen) atoms. The highest BCUT2D eigenvalue weighted by atomic mass is 79.9. The number of hydrogen-bond acceptors (Lipinski definition) is 2. The van der Waals surface area contributed by atoms with Gasteiger partial charge in [-0.3, -0.25) is 4.79 Å². The van der Waals surface area contributed by atoms with Gasteiger partial charge >= 0.3 is 0 Å². The number of rotatable bonds is 4. The first-order valence-corrected chi connectivity index (χ1v) is 8.25. The van der Waals surface area contributed by atoms with Crippen molar-refractivity contribution in [2.75, 3.05) is 18.0 Å². The zero-order chi connectivity index (χ0) is 15.4. The van der Waals surface area contributed by atoms with Crippen LogP contribution in [0.25, 0.3) is 6.20 Å². The molecule has 2 aromatic rings. The Bertz CT molecular complexity index is 677. The Kier molecular flexibility index (Phi) is 6.37. The molecule has 0 amide bonds. The molecule has 1 aromatic heterocycles. The van der Waals surface area contributed by atoms with Crippen LogP contribution in [0.5, 0.6) is 0 Å². The lowest BCUT2D eigenvalue weighted by molar-refractivity contribution is -0.568. The lowest BCUT2D eigenvalue weighted by atomic mass is 10.1. The van der Waals surface area contributed by atoms with E-state index in [1.165, 1.54) is 18.5 Å². The Morgan fingerprint density at radius 2 is 1.65 bits per heavy atom. The quantitative estimate of drug-likeness (QED) is 0.434. The van der Waals surface area contributed by atoms with E-state index in [9.17, 15) is 4.79 Å². The Balaban J connectivity index is 0.00000192. The summed E-state index contributed by atoms with van der Waals surface area (Å²) in [6, 6.07) is 11.6. The van der Waals surface area contributed by atoms with Crippen LogP contribution in [0.3, 0.4) is 0 Å². The smallest absolute Gasteiger partial charge is 0.191 e. The molecule has 0 aliphatic carbocycles. The summed E-state index contributed by atoms with van der Waals surface area (Å²) in [5, 5.41) is 0. The monoisotopic (exact) mass is 392 g/mol. The van der Waals surface area contributed by atoms with Gasteiger partial charge in [0.15, 0.2) is 24.4 Å². The number of benzene rings is 1. The van der Waals surface area contributed by atoms with E-state index in [4.69, 9.17) is 0 Å². The predicted molar refractivity (Wildman–Crippen MR) is 91.9 cm³/mol. The molecule has 1 fully saturated rings. The van der Waals surface area contributed by atoms with Gasteiger partial charge in [-0.25, -0.2) is 0 Å². The van der Waals surface area contributed by atoms with Crippen LogP contribution in [0.1, 0.15) is 23.2 Å². The molecule has 0 unspecified atom stereocenters. The van der Waals surface area contributed by atoms with Gasteiger partial charge in [0, 0.05) is 40.9 Å². The zero-order valence-corrected chi connectivity index (χ0v) is 15.0. The van der Waals surface area contributed by atoms with Gasteiger partial charge in [0.2, 0.25) is 0 Å². The van der Waals surface area contributed by atoms with Crippen molar-refractivity contribution in [3.05, 3.63) is 64.9 Å². The van der Waals surface area contributed by atoms with E-state index < -0.39 is 0 Å². The van der Waals surface area contributed by atoms with E-state index in [1.54, 1.807) is 12.3 Å². The summed E-state index contributed by atoms with van der Waals surface area (Å²) < 4.78 is 2.87. The second-order valence-electron chi connectivity index (χ2n) is 5.38. The second kappa shape index (κ2) is 8.27. The summed E-state index contributed by atoms with van der Waals surface area (Å²) >= 11 is 3.37. The minimum atomic E-state index is 0. The number of nitrogens with zero attached hydrogens (tertiary/aromatic N) is 2. The minimum absolute atomic E-state index is 0. The highest BCUT2D eigenvalue weighted by molar-refractivity contribution is 9.10. The van der Waals surface area contributed by atoms with Crippen molar-refractivity contribution in [1.82, 2.24) is 0 Å². The summed E-state index contributed by atoms with van der Waals surface area (Å²) in [6.45, 7) is 2.28. The normalized spacial score (nSPS) is 14.0. The molecule has 1 aliphatic heterocycles. The number of carbonyl (C=O) groups is 1. The standard InChI is InChI=1S/C18H18BrN2O.ClH/c19-16-5-3-15(4-6-16)18(22)9-14-20-12-7-17(8-13-20)21-10-1-2-11-21;/h3-9,12-14H,1-2,10-11H2;1H/q+1;/p-1. The van der Waals surface area contributed by atoms with Crippen LogP contribution in [0, 0.1) is 0 Å². The maximum Gasteiger partial charge on any atom is 0.191 e. The summed E-state index contributed by atoms with van der Waals surface area (Å²) in [4.78, 5) is 14.5. The molecule has 3 nitrogen and oxygen atoms in total. The molecule has 0 N–H and O–H groups in total. The van der Waals surface area contributed by atoms with Crippen molar-refractivity contribution in [2.24, 2.45) is 0 Å². The molecule has 120 valence electrons. The van der Waals surface area contributed by atoms with Crippen molar-refractivity contribution in [1.29, 1.82) is 0 Å². The van der Waals surface area contributed by atoms with Gasteiger partial charge in [0.25, 0.3) is 0 Å². The third kappa shape index (κ3) is 4.66. The van der Waals surface area contributed by atoms with Crippen LogP contribution >= 0.6 is 15.9 Å². The summed E-state index contributed by atoms with van der Waals surface area (Å²) in [5.41, 5.74) is 1.94. The van der Waals surface area contributed by atoms with E-state index in [1.807, 2.05) is 41.2 Å². The van der Waals surface area contributed by atoms with Gasteiger partial charge in [-0.15, -0.1) is 0 Å². The number of aromatic nitrogens is 1. The lowest BCUT2D eigenvalue weighted by Crippen LogP contribution is -3.00. The van der Waals surface area contributed by atoms with Crippen molar-refractivity contribution in [3.8, 4) is 0 Å². The number of carbonyl (C=O) groups excluding carboxylic acids is 1. The van der Waals surface area contributed by atoms with Crippen LogP contribution < -0.4 is 21.9 Å². The highest BCUT2D eigenvalue weighted by Gasteiger charge is 2.13. The van der Waals surface area contributed by atoms with Gasteiger partial charge in [-0.2, -0.15) is 4.57 Å². The van der Waals surface area contributed by atoms with Gasteiger partial charge in [0.05, 0.1) is 6.08 Å². The summed E-state index contributed by atoms with van der Waals surface area (Å²) in [6.07, 6.45) is 9.90. The fourth-order valence-corrected chi connectivity index (χ4v) is 2.84. The molecule has 1 aromatic carbocycles. The van der Waals surface area contributed by atoms with Crippen molar-refractivity contribution in [2.45, 2.75) is 12.8 Å². The second-order valence-corrected chi connectivity index (χ2v) is 6.30. The Hall–Kier alpha value is -1.65. The number of hydrogen-bond donors (Lipinski definition) is 0. The SMILES string of the molecule is O=C(C=C[n+]1ccc(N2CCCC2)cc1)c1ccc(Br)cc1.[Cl-]. The first kappa shape index (κ1) is 17.7. The average molecular weight is 394 g/mol. The Labute approximate surface area is 151 Å². The molecule has 0 saturated carbocycles. The van der Waals surface area contributed by atoms with Crippen LogP contribution in [0.4, 0.5) is 5.69 Å². The number of pyridine rings is 1. The van der Waals surface area contributed by atoms with Gasteiger partial charge in [-0.1, -0.05) is 15.9 Å². The fraction of sp³-hybridized carbons (Fsp3) is 0.222. The molecule has 1 saturated heterocycles. The summed E-state index contributed by atoms with van der Waals surface area (Å²) in [7, 11) is 0. The Morgan fingerprint density at radius 1 is 1.04 bits per heavy atom. The number of halogens is 2. The maximum absolute atomic E-state index is 12.1. The summed E-state index contributed by atoms with van der Waals surface area (Å²) in [5.74, 6) is 0.00335. The largest absolute Gasteiger partial charge is 1.00 e. The zero-order valence-electron chi connectivity index (χ0n) is 12.7. The lowest BCUT2D eigenvalue weighted by Gasteiger charge is -2.15. The van der Waals surface area contributed by atoms with E-state index in [-0.39, 0.29) is 18.2 Å². The molecule has 1 aliphatic rings. The first-order valence-electron chi connectivity index (χ1n) is 7.46. The topological polar surface area (TPSA) is 24.2 Å². The van der Waals surface area contributed by atoms with Crippen LogP contribution in [-0.4, -0.2) is 18.9 Å². The van der Waals surface area contributed by atoms with E-state index in [2.05, 4.69) is 33.0 Å². The molecule has 3 rings (SSSR count). The van der Waals surface area contributed by atoms with Gasteiger partial charge in [0.1, 0.15) is 0 Å². The predicted octanol–water partition coefficient (Wildman–Crippen LogP) is 0.694. The number of allylic oxidation sites excluding steroid dienone is 1. The third-order valence-corrected chi connectivity index (χ3v) is 4.36. The molecular formula is C18H18BrClN2O. The van der Waals surface area contributed by atoms with Crippen LogP contribution in [-0.2, 0) is 0 Å². The molecule has 0 radical (unpaired) electrons. The Morgan fingerprint density at radius 3 is 2.26 bits per heavy atom. The van der Waals surface area contributed by atoms with Crippen molar-refractivity contribution in [3.63, 3.8) is 0 Å². The number of anilines is 1.